The normalized spacial score (nSPS) is 13.1. The first-order valence-electron chi connectivity index (χ1n) is 5.94. The molecule has 0 fully saturated rings. The molecule has 1 atom stereocenters. The van der Waals surface area contributed by atoms with E-state index in [1.54, 1.807) is 16.2 Å². The van der Waals surface area contributed by atoms with Crippen molar-refractivity contribution in [3.05, 3.63) is 35.2 Å². The van der Waals surface area contributed by atoms with E-state index in [1.807, 2.05) is 26.2 Å². The van der Waals surface area contributed by atoms with Crippen molar-refractivity contribution in [3.63, 3.8) is 0 Å². The van der Waals surface area contributed by atoms with Gasteiger partial charge < -0.3 is 5.11 Å². The fourth-order valence-electron chi connectivity index (χ4n) is 2.12. The van der Waals surface area contributed by atoms with Gasteiger partial charge in [0.2, 0.25) is 0 Å². The van der Waals surface area contributed by atoms with Crippen molar-refractivity contribution in [1.82, 2.24) is 4.90 Å². The summed E-state index contributed by atoms with van der Waals surface area (Å²) in [7, 11) is 3.62. The van der Waals surface area contributed by atoms with Gasteiger partial charge in [-0.05, 0) is 49.3 Å². The summed E-state index contributed by atoms with van der Waals surface area (Å²) < 4.78 is 1.27. The van der Waals surface area contributed by atoms with Gasteiger partial charge in [-0.2, -0.15) is 0 Å². The second kappa shape index (κ2) is 5.50. The van der Waals surface area contributed by atoms with Crippen LogP contribution in [0.4, 0.5) is 0 Å². The Hall–Kier alpha value is -1.39. The topological polar surface area (TPSA) is 40.5 Å². The van der Waals surface area contributed by atoms with Gasteiger partial charge in [0.15, 0.2) is 0 Å². The van der Waals surface area contributed by atoms with Gasteiger partial charge in [0, 0.05) is 4.70 Å². The largest absolute Gasteiger partial charge is 0.480 e. The molecule has 1 aromatic carbocycles. The maximum absolute atomic E-state index is 11.1. The molecular weight excluding hydrogens is 246 g/mol. The van der Waals surface area contributed by atoms with E-state index in [1.165, 1.54) is 15.6 Å². The van der Waals surface area contributed by atoms with Gasteiger partial charge in [0.25, 0.3) is 0 Å². The molecule has 1 N–H and O–H groups in total. The number of thiophene rings is 1. The van der Waals surface area contributed by atoms with Crippen molar-refractivity contribution in [2.45, 2.75) is 18.9 Å². The van der Waals surface area contributed by atoms with E-state index in [9.17, 15) is 4.79 Å². The summed E-state index contributed by atoms with van der Waals surface area (Å²) in [6.07, 6.45) is 1.45. The average Bonchev–Trinajstić information content (AvgIpc) is 2.72. The van der Waals surface area contributed by atoms with Crippen molar-refractivity contribution in [2.24, 2.45) is 0 Å². The molecule has 0 aliphatic heterocycles. The zero-order valence-corrected chi connectivity index (χ0v) is 11.4. The lowest BCUT2D eigenvalue weighted by Crippen LogP contribution is -2.35. The highest BCUT2D eigenvalue weighted by Gasteiger charge is 2.19. The van der Waals surface area contributed by atoms with Crippen LogP contribution in [0.2, 0.25) is 0 Å². The molecule has 0 radical (unpaired) electrons. The fraction of sp³-hybridized carbons (Fsp3) is 0.357. The van der Waals surface area contributed by atoms with Crippen LogP contribution >= 0.6 is 11.3 Å². The van der Waals surface area contributed by atoms with E-state index in [0.717, 1.165) is 6.42 Å². The molecule has 96 valence electrons. The summed E-state index contributed by atoms with van der Waals surface area (Å²) in [5, 5.41) is 12.5. The summed E-state index contributed by atoms with van der Waals surface area (Å²) in [5.74, 6) is -0.750. The molecule has 0 amide bonds. The second-order valence-electron chi connectivity index (χ2n) is 4.61. The number of aliphatic carboxylic acids is 1. The van der Waals surface area contributed by atoms with E-state index in [0.29, 0.717) is 6.42 Å². The van der Waals surface area contributed by atoms with Crippen LogP contribution in [0, 0.1) is 0 Å². The zero-order valence-electron chi connectivity index (χ0n) is 10.6. The van der Waals surface area contributed by atoms with Crippen molar-refractivity contribution in [2.75, 3.05) is 14.1 Å². The summed E-state index contributed by atoms with van der Waals surface area (Å²) in [6, 6.07) is 7.85. The van der Waals surface area contributed by atoms with Gasteiger partial charge in [-0.15, -0.1) is 11.3 Å². The van der Waals surface area contributed by atoms with Gasteiger partial charge in [-0.1, -0.05) is 18.2 Å². The maximum atomic E-state index is 11.1. The highest BCUT2D eigenvalue weighted by atomic mass is 32.1. The van der Waals surface area contributed by atoms with Crippen LogP contribution in [0.1, 0.15) is 12.0 Å². The molecule has 2 rings (SSSR count). The minimum Gasteiger partial charge on any atom is -0.480 e. The number of fused-ring (bicyclic) bond motifs is 1. The zero-order chi connectivity index (χ0) is 13.1. The highest BCUT2D eigenvalue weighted by molar-refractivity contribution is 7.17. The minimum atomic E-state index is -0.750. The first-order valence-corrected chi connectivity index (χ1v) is 6.82. The van der Waals surface area contributed by atoms with Crippen molar-refractivity contribution in [3.8, 4) is 0 Å². The number of benzene rings is 1. The molecular formula is C14H17NO2S. The molecule has 18 heavy (non-hydrogen) atoms. The summed E-state index contributed by atoms with van der Waals surface area (Å²) in [6.45, 7) is 0. The molecule has 1 unspecified atom stereocenters. The smallest absolute Gasteiger partial charge is 0.320 e. The first kappa shape index (κ1) is 13.1. The van der Waals surface area contributed by atoms with Crippen molar-refractivity contribution in [1.29, 1.82) is 0 Å². The molecule has 1 heterocycles. The third-order valence-electron chi connectivity index (χ3n) is 3.16. The van der Waals surface area contributed by atoms with E-state index in [-0.39, 0.29) is 0 Å². The lowest BCUT2D eigenvalue weighted by atomic mass is 10.0. The number of carboxylic acids is 1. The van der Waals surface area contributed by atoms with E-state index < -0.39 is 12.0 Å². The maximum Gasteiger partial charge on any atom is 0.320 e. The standard InChI is InChI=1S/C14H17NO2S/c1-15(2)12(14(16)17)8-7-10-9-18-13-6-4-3-5-11(10)13/h3-6,9,12H,7-8H2,1-2H3,(H,16,17). The number of likely N-dealkylation sites (N-methyl/N-ethyl adjacent to an activating group) is 1. The van der Waals surface area contributed by atoms with E-state index >= 15 is 0 Å². The predicted octanol–water partition coefficient (Wildman–Crippen LogP) is 2.85. The Morgan fingerprint density at radius 1 is 1.39 bits per heavy atom. The predicted molar refractivity (Wildman–Crippen MR) is 75.3 cm³/mol. The number of hydrogen-bond donors (Lipinski definition) is 1. The molecule has 0 saturated heterocycles. The second-order valence-corrected chi connectivity index (χ2v) is 5.52. The van der Waals surface area contributed by atoms with Crippen LogP contribution in [-0.2, 0) is 11.2 Å². The number of aryl methyl sites for hydroxylation is 1. The summed E-state index contributed by atoms with van der Waals surface area (Å²) >= 11 is 1.72. The molecule has 2 aromatic rings. The third kappa shape index (κ3) is 2.71. The van der Waals surface area contributed by atoms with E-state index in [2.05, 4.69) is 17.5 Å². The molecule has 0 spiro atoms. The van der Waals surface area contributed by atoms with Crippen LogP contribution in [0.25, 0.3) is 10.1 Å². The quantitative estimate of drug-likeness (QED) is 0.901. The summed E-state index contributed by atoms with van der Waals surface area (Å²) in [4.78, 5) is 12.9. The molecule has 0 aliphatic rings. The Morgan fingerprint density at radius 2 is 2.11 bits per heavy atom. The first-order chi connectivity index (χ1) is 8.59. The number of carbonyl (C=O) groups is 1. The fourth-order valence-corrected chi connectivity index (χ4v) is 3.12. The number of nitrogens with zero attached hydrogens (tertiary/aromatic N) is 1. The van der Waals surface area contributed by atoms with Gasteiger partial charge in [-0.25, -0.2) is 0 Å². The van der Waals surface area contributed by atoms with Gasteiger partial charge >= 0.3 is 5.97 Å². The Morgan fingerprint density at radius 3 is 2.78 bits per heavy atom. The number of rotatable bonds is 5. The highest BCUT2D eigenvalue weighted by Crippen LogP contribution is 2.27. The van der Waals surface area contributed by atoms with Crippen LogP contribution in [0.5, 0.6) is 0 Å². The van der Waals surface area contributed by atoms with Crippen LogP contribution in [-0.4, -0.2) is 36.1 Å². The van der Waals surface area contributed by atoms with Gasteiger partial charge in [0.05, 0.1) is 0 Å². The van der Waals surface area contributed by atoms with Gasteiger partial charge in [0.1, 0.15) is 6.04 Å². The number of carboxylic acid groups (broad SMARTS) is 1. The monoisotopic (exact) mass is 263 g/mol. The Labute approximate surface area is 111 Å². The lowest BCUT2D eigenvalue weighted by molar-refractivity contribution is -0.142. The summed E-state index contributed by atoms with van der Waals surface area (Å²) in [5.41, 5.74) is 1.25. The molecule has 1 aromatic heterocycles. The Balaban J connectivity index is 2.12. The molecule has 0 bridgehead atoms. The number of hydrogen-bond acceptors (Lipinski definition) is 3. The molecule has 0 saturated carbocycles. The molecule has 0 aliphatic carbocycles. The molecule has 4 heteroatoms. The molecule has 3 nitrogen and oxygen atoms in total. The van der Waals surface area contributed by atoms with Gasteiger partial charge in [-0.3, -0.25) is 9.69 Å². The van der Waals surface area contributed by atoms with Crippen molar-refractivity contribution >= 4 is 27.4 Å². The minimum absolute atomic E-state index is 0.413. The van der Waals surface area contributed by atoms with Crippen LogP contribution < -0.4 is 0 Å². The Bertz CT molecular complexity index is 547. The van der Waals surface area contributed by atoms with Crippen LogP contribution in [0.15, 0.2) is 29.6 Å². The van der Waals surface area contributed by atoms with E-state index in [4.69, 9.17) is 5.11 Å². The Kier molecular flexibility index (Phi) is 3.99. The lowest BCUT2D eigenvalue weighted by Gasteiger charge is -2.19. The average molecular weight is 263 g/mol. The third-order valence-corrected chi connectivity index (χ3v) is 4.17. The SMILES string of the molecule is CN(C)C(CCc1csc2ccccc12)C(=O)O. The van der Waals surface area contributed by atoms with Crippen LogP contribution in [0.3, 0.4) is 0 Å². The van der Waals surface area contributed by atoms with Crippen molar-refractivity contribution < 1.29 is 9.90 Å².